The molecule has 15 nitrogen and oxygen atoms in total. The molecule has 64 heavy (non-hydrogen) atoms. The molecule has 2 aliphatic heterocycles. The van der Waals surface area contributed by atoms with Gasteiger partial charge in [0, 0.05) is 86.4 Å². The number of nitrogens with one attached hydrogen (secondary N) is 3. The van der Waals surface area contributed by atoms with E-state index in [1.54, 1.807) is 61.7 Å². The van der Waals surface area contributed by atoms with Gasteiger partial charge in [-0.2, -0.15) is 5.26 Å². The molecule has 3 aliphatic rings. The Kier molecular flexibility index (Phi) is 15.5. The number of pyridine rings is 1. The van der Waals surface area contributed by atoms with Crippen molar-refractivity contribution in [3.63, 3.8) is 0 Å². The summed E-state index contributed by atoms with van der Waals surface area (Å²) in [5.41, 5.74) is 0.889. The number of carbonyl (C=O) groups is 4. The van der Waals surface area contributed by atoms with E-state index in [0.717, 1.165) is 24.5 Å². The Morgan fingerprint density at radius 2 is 1.66 bits per heavy atom. The average molecular weight is 920 g/mol. The van der Waals surface area contributed by atoms with Gasteiger partial charge in [0.1, 0.15) is 41.9 Å². The number of rotatable bonds is 16. The zero-order chi connectivity index (χ0) is 46.5. The van der Waals surface area contributed by atoms with E-state index in [1.807, 2.05) is 19.9 Å². The summed E-state index contributed by atoms with van der Waals surface area (Å²) in [5, 5.41) is 29.4. The summed E-state index contributed by atoms with van der Waals surface area (Å²) < 4.78 is 12.5. The predicted octanol–water partition coefficient (Wildman–Crippen LogP) is 4.82. The molecule has 17 heteroatoms. The summed E-state index contributed by atoms with van der Waals surface area (Å²) in [6.07, 6.45) is -0.173. The van der Waals surface area contributed by atoms with Gasteiger partial charge in [-0.15, -0.1) is 0 Å². The highest BCUT2D eigenvalue weighted by molar-refractivity contribution is 6.31. The lowest BCUT2D eigenvalue weighted by atomic mass is 9.49. The lowest BCUT2D eigenvalue weighted by Gasteiger charge is -2.63. The van der Waals surface area contributed by atoms with E-state index < -0.39 is 46.9 Å². The molecule has 4 N–H and O–H groups in total. The van der Waals surface area contributed by atoms with Crippen molar-refractivity contribution < 1.29 is 33.8 Å². The first-order valence-corrected chi connectivity index (χ1v) is 22.6. The van der Waals surface area contributed by atoms with E-state index in [2.05, 4.69) is 64.5 Å². The monoisotopic (exact) mass is 918 g/mol. The highest BCUT2D eigenvalue weighted by Crippen LogP contribution is 2.55. The Labute approximate surface area is 385 Å². The Morgan fingerprint density at radius 3 is 2.27 bits per heavy atom. The van der Waals surface area contributed by atoms with Crippen molar-refractivity contribution in [3.8, 4) is 11.8 Å². The van der Waals surface area contributed by atoms with E-state index in [1.165, 1.54) is 4.90 Å². The highest BCUT2D eigenvalue weighted by atomic mass is 35.5. The average Bonchev–Trinajstić information content (AvgIpc) is 3.66. The van der Waals surface area contributed by atoms with Gasteiger partial charge >= 0.3 is 0 Å². The lowest BCUT2D eigenvalue weighted by Crippen LogP contribution is -2.74. The predicted molar refractivity (Wildman–Crippen MR) is 244 cm³/mol. The molecule has 4 atom stereocenters. The van der Waals surface area contributed by atoms with Crippen molar-refractivity contribution in [3.05, 3.63) is 87.5 Å². The number of β-amino-alcohol motifs (C(OH)–C–C–N with tert-alkyl or cyclic N) is 1. The van der Waals surface area contributed by atoms with Crippen LogP contribution in [-0.4, -0.2) is 126 Å². The largest absolute Gasteiger partial charge is 0.489 e. The summed E-state index contributed by atoms with van der Waals surface area (Å²) in [7, 11) is 0. The zero-order valence-corrected chi connectivity index (χ0v) is 39.1. The van der Waals surface area contributed by atoms with Crippen molar-refractivity contribution in [2.75, 3.05) is 50.8 Å². The maximum atomic E-state index is 13.5. The number of piperazine rings is 1. The molecule has 1 aliphatic carbocycles. The number of nitriles is 1. The topological polar surface area (TPSA) is 189 Å². The quantitative estimate of drug-likeness (QED) is 0.154. The first kappa shape index (κ1) is 48.5. The number of aliphatic hydroxyl groups is 1. The van der Waals surface area contributed by atoms with Crippen molar-refractivity contribution in [2.24, 2.45) is 16.7 Å². The van der Waals surface area contributed by atoms with Crippen molar-refractivity contribution in [1.29, 1.82) is 5.26 Å². The number of aromatic nitrogens is 1. The second-order valence-corrected chi connectivity index (χ2v) is 19.4. The van der Waals surface area contributed by atoms with Crippen molar-refractivity contribution in [1.82, 2.24) is 30.7 Å². The first-order valence-electron chi connectivity index (χ1n) is 21.8. The number of anilines is 1. The Morgan fingerprint density at radius 1 is 0.969 bits per heavy atom. The van der Waals surface area contributed by atoms with Crippen LogP contribution in [-0.2, 0) is 25.7 Å². The molecule has 0 bridgehead atoms. The highest BCUT2D eigenvalue weighted by Gasteiger charge is 2.64. The Bertz CT molecular complexity index is 2180. The fourth-order valence-electron chi connectivity index (χ4n) is 9.42. The maximum absolute atomic E-state index is 13.5. The molecule has 1 saturated carbocycles. The van der Waals surface area contributed by atoms with E-state index in [0.29, 0.717) is 53.2 Å². The molecule has 2 saturated heterocycles. The standard InChI is InChI=1S/C47H60Cl2N8O7/c1-28(2)39(42(61)53-29(3)43(62)57-27-34(58)22-37(57)41(60)52-25-30-8-12-33(48)13-9-30)63-21-20-55-16-18-56(19-17-55)38-15-11-32(26-51-38)40(59)54-44-46(4,5)45(47(44,6)7)64-35-14-10-31(24-50)36(49)23-35/h8-15,23,26,28-29,34,37,39,44-45,58H,16-22,25,27H2,1-7H3,(H,52,60)(H,53,61)(H,54,59)/t29-,34+,37-,39-,44-,45-/m0/s1. The molecule has 344 valence electrons. The maximum Gasteiger partial charge on any atom is 0.253 e. The summed E-state index contributed by atoms with van der Waals surface area (Å²) in [5.74, 6) is -0.299. The van der Waals surface area contributed by atoms with Gasteiger partial charge in [0.2, 0.25) is 17.7 Å². The third kappa shape index (κ3) is 11.1. The number of benzene rings is 2. The van der Waals surface area contributed by atoms with Gasteiger partial charge in [-0.05, 0) is 54.8 Å². The molecule has 0 radical (unpaired) electrons. The number of hydrogen-bond acceptors (Lipinski definition) is 11. The van der Waals surface area contributed by atoms with E-state index >= 15 is 0 Å². The molecule has 4 amide bonds. The smallest absolute Gasteiger partial charge is 0.253 e. The summed E-state index contributed by atoms with van der Waals surface area (Å²) in [6, 6.07) is 15.8. The van der Waals surface area contributed by atoms with Crippen LogP contribution in [0, 0.1) is 28.1 Å². The second kappa shape index (κ2) is 20.5. The fraction of sp³-hybridized carbons (Fsp3) is 0.532. The molecule has 3 fully saturated rings. The minimum atomic E-state index is -0.947. The molecule has 6 rings (SSSR count). The van der Waals surface area contributed by atoms with Gasteiger partial charge in [0.05, 0.1) is 28.9 Å². The summed E-state index contributed by atoms with van der Waals surface area (Å²) in [4.78, 5) is 64.0. The molecule has 0 spiro atoms. The molecule has 2 aromatic carbocycles. The molecule has 3 heterocycles. The lowest BCUT2D eigenvalue weighted by molar-refractivity contribution is -0.164. The molecule has 3 aromatic rings. The van der Waals surface area contributed by atoms with Crippen LogP contribution in [0.25, 0.3) is 0 Å². The third-order valence-electron chi connectivity index (χ3n) is 12.7. The number of likely N-dealkylation sites (tertiary alicyclic amines) is 1. The summed E-state index contributed by atoms with van der Waals surface area (Å²) >= 11 is 12.2. The first-order chi connectivity index (χ1) is 30.3. The number of carbonyl (C=O) groups excluding carboxylic acids is 4. The molecular weight excluding hydrogens is 859 g/mol. The summed E-state index contributed by atoms with van der Waals surface area (Å²) in [6.45, 7) is 17.6. The minimum absolute atomic E-state index is 0.0100. The molecular formula is C47H60Cl2N8O7. The molecule has 1 aromatic heterocycles. The van der Waals surface area contributed by atoms with Gasteiger partial charge in [-0.3, -0.25) is 24.1 Å². The van der Waals surface area contributed by atoms with Crippen LogP contribution in [0.1, 0.15) is 76.4 Å². The van der Waals surface area contributed by atoms with E-state index in [4.69, 9.17) is 32.7 Å². The van der Waals surface area contributed by atoms with Crippen LogP contribution in [0.5, 0.6) is 5.75 Å². The zero-order valence-electron chi connectivity index (χ0n) is 37.6. The second-order valence-electron chi connectivity index (χ2n) is 18.5. The number of hydrogen-bond donors (Lipinski definition) is 4. The van der Waals surface area contributed by atoms with Gasteiger partial charge in [-0.1, -0.05) is 76.9 Å². The number of nitrogens with zero attached hydrogens (tertiary/aromatic N) is 5. The van der Waals surface area contributed by atoms with Crippen molar-refractivity contribution >= 4 is 52.6 Å². The van der Waals surface area contributed by atoms with Gasteiger partial charge in [-0.25, -0.2) is 4.98 Å². The minimum Gasteiger partial charge on any atom is -0.489 e. The third-order valence-corrected chi connectivity index (χ3v) is 13.2. The number of aliphatic hydroxyl groups excluding tert-OH is 1. The Hall–Kier alpha value is -4.98. The van der Waals surface area contributed by atoms with E-state index in [9.17, 15) is 29.5 Å². The van der Waals surface area contributed by atoms with E-state index in [-0.39, 0.29) is 49.4 Å². The fourth-order valence-corrected chi connectivity index (χ4v) is 9.76. The number of amides is 4. The van der Waals surface area contributed by atoms with Crippen molar-refractivity contribution in [2.45, 2.75) is 97.9 Å². The van der Waals surface area contributed by atoms with Gasteiger partial charge in [0.15, 0.2) is 0 Å². The number of ether oxygens (including phenoxy) is 2. The van der Waals surface area contributed by atoms with Crippen LogP contribution in [0.4, 0.5) is 5.82 Å². The van der Waals surface area contributed by atoms with Crippen LogP contribution in [0.2, 0.25) is 10.0 Å². The van der Waals surface area contributed by atoms with Crippen LogP contribution >= 0.6 is 23.2 Å². The normalized spacial score (nSPS) is 22.5. The van der Waals surface area contributed by atoms with Gasteiger partial charge in [0.25, 0.3) is 5.91 Å². The SMILES string of the molecule is CC(C)[C@H](OCCN1CCN(c2ccc(C(=O)N[C@H]3C(C)(C)[C@H](Oc4ccc(C#N)c(Cl)c4)C3(C)C)cn2)CC1)C(=O)N[C@@H](C)C(=O)N1C[C@H](O)C[C@H]1C(=O)NCc1ccc(Cl)cc1. The Balaban J connectivity index is 0.926. The van der Waals surface area contributed by atoms with Crippen LogP contribution in [0.15, 0.2) is 60.8 Å². The van der Waals surface area contributed by atoms with Crippen LogP contribution in [0.3, 0.4) is 0 Å². The van der Waals surface area contributed by atoms with Crippen LogP contribution < -0.4 is 25.6 Å². The van der Waals surface area contributed by atoms with Gasteiger partial charge < -0.3 is 40.3 Å². The molecule has 0 unspecified atom stereocenters. The number of halogens is 2.